The summed E-state index contributed by atoms with van der Waals surface area (Å²) >= 11 is 0. The number of hydrogen-bond donors (Lipinski definition) is 0. The Kier molecular flexibility index (Phi) is 4.88. The van der Waals surface area contributed by atoms with Crippen molar-refractivity contribution < 1.29 is 8.42 Å². The molecule has 0 amide bonds. The zero-order valence-corrected chi connectivity index (χ0v) is 11.8. The number of nitriles is 1. The number of hydrogen-bond acceptors (Lipinski definition) is 3. The first kappa shape index (κ1) is 14.7. The molecule has 1 aromatic rings. The molecule has 0 atom stereocenters. The highest BCUT2D eigenvalue weighted by Crippen LogP contribution is 2.19. The fraction of sp³-hybridized carbons (Fsp3) is 0.462. The van der Waals surface area contributed by atoms with Crippen LogP contribution in [0.5, 0.6) is 0 Å². The lowest BCUT2D eigenvalue weighted by Gasteiger charge is -2.19. The number of nitrogens with zero attached hydrogens (tertiary/aromatic N) is 2. The highest BCUT2D eigenvalue weighted by molar-refractivity contribution is 7.89. The van der Waals surface area contributed by atoms with E-state index < -0.39 is 10.0 Å². The second-order valence-electron chi connectivity index (χ2n) is 4.24. The highest BCUT2D eigenvalue weighted by atomic mass is 32.2. The van der Waals surface area contributed by atoms with Gasteiger partial charge in [0, 0.05) is 6.54 Å². The van der Waals surface area contributed by atoms with Crippen LogP contribution in [0.2, 0.25) is 0 Å². The molecule has 0 aromatic heterocycles. The molecule has 0 saturated carbocycles. The van der Waals surface area contributed by atoms with E-state index in [0.717, 1.165) is 11.1 Å². The lowest BCUT2D eigenvalue weighted by molar-refractivity contribution is 0.444. The van der Waals surface area contributed by atoms with Crippen LogP contribution in [-0.4, -0.2) is 25.8 Å². The van der Waals surface area contributed by atoms with Gasteiger partial charge in [-0.3, -0.25) is 0 Å². The normalized spacial score (nSPS) is 11.5. The fourth-order valence-corrected chi connectivity index (χ4v) is 3.15. The summed E-state index contributed by atoms with van der Waals surface area (Å²) in [4.78, 5) is 0.259. The fourth-order valence-electron chi connectivity index (χ4n) is 1.64. The Balaban J connectivity index is 3.18. The van der Waals surface area contributed by atoms with Crippen molar-refractivity contribution in [3.8, 4) is 6.07 Å². The van der Waals surface area contributed by atoms with Gasteiger partial charge in [-0.2, -0.15) is 9.57 Å². The molecule has 0 bridgehead atoms. The molecule has 4 nitrogen and oxygen atoms in total. The molecular formula is C13H18N2O2S. The summed E-state index contributed by atoms with van der Waals surface area (Å²) in [5.74, 6) is 0. The van der Waals surface area contributed by atoms with Crippen LogP contribution < -0.4 is 0 Å². The molecule has 0 aliphatic carbocycles. The predicted molar refractivity (Wildman–Crippen MR) is 70.6 cm³/mol. The molecule has 0 unspecified atom stereocenters. The number of rotatable bonds is 5. The van der Waals surface area contributed by atoms with Crippen LogP contribution in [0.4, 0.5) is 0 Å². The van der Waals surface area contributed by atoms with Crippen molar-refractivity contribution in [1.82, 2.24) is 4.31 Å². The minimum absolute atomic E-state index is 0.108. The van der Waals surface area contributed by atoms with Crippen molar-refractivity contribution in [2.75, 3.05) is 13.1 Å². The summed E-state index contributed by atoms with van der Waals surface area (Å²) in [6, 6.07) is 6.94. The molecule has 18 heavy (non-hydrogen) atoms. The van der Waals surface area contributed by atoms with Gasteiger partial charge in [-0.15, -0.1) is 0 Å². The van der Waals surface area contributed by atoms with E-state index in [9.17, 15) is 8.42 Å². The topological polar surface area (TPSA) is 61.2 Å². The van der Waals surface area contributed by atoms with Crippen molar-refractivity contribution in [3.05, 3.63) is 29.3 Å². The Hall–Kier alpha value is -1.38. The second kappa shape index (κ2) is 5.98. The van der Waals surface area contributed by atoms with Crippen molar-refractivity contribution >= 4 is 10.0 Å². The van der Waals surface area contributed by atoms with Gasteiger partial charge in [-0.05, 0) is 43.5 Å². The molecule has 1 aromatic carbocycles. The van der Waals surface area contributed by atoms with E-state index in [1.807, 2.05) is 26.8 Å². The van der Waals surface area contributed by atoms with Gasteiger partial charge < -0.3 is 0 Å². The summed E-state index contributed by atoms with van der Waals surface area (Å²) in [5.41, 5.74) is 1.99. The average molecular weight is 266 g/mol. The molecule has 1 rings (SSSR count). The van der Waals surface area contributed by atoms with Gasteiger partial charge in [0.15, 0.2) is 0 Å². The van der Waals surface area contributed by atoms with Crippen molar-refractivity contribution in [2.24, 2.45) is 0 Å². The van der Waals surface area contributed by atoms with Crippen LogP contribution in [0.25, 0.3) is 0 Å². The minimum Gasteiger partial charge on any atom is -0.207 e. The molecule has 0 spiro atoms. The predicted octanol–water partition coefficient (Wildman–Crippen LogP) is 2.23. The van der Waals surface area contributed by atoms with Gasteiger partial charge in [0.25, 0.3) is 0 Å². The second-order valence-corrected chi connectivity index (χ2v) is 6.18. The number of benzene rings is 1. The van der Waals surface area contributed by atoms with Crippen LogP contribution in [0, 0.1) is 25.2 Å². The van der Waals surface area contributed by atoms with E-state index in [1.165, 1.54) is 4.31 Å². The van der Waals surface area contributed by atoms with Crippen LogP contribution in [-0.2, 0) is 10.0 Å². The van der Waals surface area contributed by atoms with Crippen LogP contribution in [0.3, 0.4) is 0 Å². The van der Waals surface area contributed by atoms with Gasteiger partial charge in [0.2, 0.25) is 10.0 Å². The number of sulfonamides is 1. The van der Waals surface area contributed by atoms with E-state index in [2.05, 4.69) is 0 Å². The van der Waals surface area contributed by atoms with E-state index in [4.69, 9.17) is 5.26 Å². The lowest BCUT2D eigenvalue weighted by atomic mass is 10.1. The molecule has 0 saturated heterocycles. The maximum absolute atomic E-state index is 12.4. The average Bonchev–Trinajstić information content (AvgIpc) is 2.32. The Morgan fingerprint density at radius 2 is 1.94 bits per heavy atom. The Labute approximate surface area is 109 Å². The van der Waals surface area contributed by atoms with Crippen molar-refractivity contribution in [3.63, 3.8) is 0 Å². The molecule has 0 fully saturated rings. The van der Waals surface area contributed by atoms with Gasteiger partial charge in [-0.25, -0.2) is 8.42 Å². The summed E-state index contributed by atoms with van der Waals surface area (Å²) in [7, 11) is -3.55. The molecule has 0 N–H and O–H groups in total. The van der Waals surface area contributed by atoms with Gasteiger partial charge in [0.1, 0.15) is 6.54 Å². The lowest BCUT2D eigenvalue weighted by Crippen LogP contribution is -2.32. The van der Waals surface area contributed by atoms with Gasteiger partial charge >= 0.3 is 0 Å². The third-order valence-corrected chi connectivity index (χ3v) is 4.68. The minimum atomic E-state index is -3.55. The van der Waals surface area contributed by atoms with E-state index >= 15 is 0 Å². The van der Waals surface area contributed by atoms with E-state index in [-0.39, 0.29) is 11.4 Å². The van der Waals surface area contributed by atoms with Crippen LogP contribution in [0.15, 0.2) is 23.1 Å². The Morgan fingerprint density at radius 1 is 1.28 bits per heavy atom. The molecule has 5 heteroatoms. The highest BCUT2D eigenvalue weighted by Gasteiger charge is 2.23. The molecule has 98 valence electrons. The standard InChI is InChI=1S/C13H18N2O2S/c1-4-8-15(9-7-14)18(16,17)13-6-5-11(2)12(3)10-13/h5-6,10H,4,8-9H2,1-3H3. The van der Waals surface area contributed by atoms with E-state index in [0.29, 0.717) is 13.0 Å². The molecular weight excluding hydrogens is 248 g/mol. The van der Waals surface area contributed by atoms with Gasteiger partial charge in [0.05, 0.1) is 11.0 Å². The molecule has 0 heterocycles. The zero-order valence-electron chi connectivity index (χ0n) is 11.0. The SMILES string of the molecule is CCCN(CC#N)S(=O)(=O)c1ccc(C)c(C)c1. The third kappa shape index (κ3) is 3.09. The first-order valence-corrected chi connectivity index (χ1v) is 7.31. The monoisotopic (exact) mass is 266 g/mol. The first-order chi connectivity index (χ1) is 8.43. The third-order valence-electron chi connectivity index (χ3n) is 2.84. The molecule has 0 aliphatic rings. The Bertz CT molecular complexity index is 559. The molecule has 0 radical (unpaired) electrons. The van der Waals surface area contributed by atoms with E-state index in [1.54, 1.807) is 18.2 Å². The van der Waals surface area contributed by atoms with Crippen LogP contribution >= 0.6 is 0 Å². The Morgan fingerprint density at radius 3 is 2.44 bits per heavy atom. The zero-order chi connectivity index (χ0) is 13.8. The maximum Gasteiger partial charge on any atom is 0.244 e. The van der Waals surface area contributed by atoms with Crippen LogP contribution in [0.1, 0.15) is 24.5 Å². The maximum atomic E-state index is 12.4. The summed E-state index contributed by atoms with van der Waals surface area (Å²) in [6.45, 7) is 5.96. The summed E-state index contributed by atoms with van der Waals surface area (Å²) < 4.78 is 25.9. The van der Waals surface area contributed by atoms with Crippen molar-refractivity contribution in [1.29, 1.82) is 5.26 Å². The quantitative estimate of drug-likeness (QED) is 0.768. The first-order valence-electron chi connectivity index (χ1n) is 5.87. The summed E-state index contributed by atoms with van der Waals surface area (Å²) in [6.07, 6.45) is 0.686. The molecule has 0 aliphatic heterocycles. The smallest absolute Gasteiger partial charge is 0.207 e. The number of aryl methyl sites for hydroxylation is 2. The van der Waals surface area contributed by atoms with Crippen molar-refractivity contribution in [2.45, 2.75) is 32.1 Å². The largest absolute Gasteiger partial charge is 0.244 e. The van der Waals surface area contributed by atoms with Gasteiger partial charge in [-0.1, -0.05) is 13.0 Å². The summed E-state index contributed by atoms with van der Waals surface area (Å²) in [5, 5.41) is 8.72.